The van der Waals surface area contributed by atoms with Gasteiger partial charge in [0.05, 0.1) is 27.4 Å². The minimum Gasteiger partial charge on any atom is -0.497 e. The highest BCUT2D eigenvalue weighted by molar-refractivity contribution is 5.40. The molecule has 1 aliphatic heterocycles. The standard InChI is InChI=1S/C14H22N2O3/c1-17-12-3-4-13(18-2)11(5-12)6-16-8-14(7-15)9-19-10-14/h3-5,16H,6-10,15H2,1-2H3. The Kier molecular flexibility index (Phi) is 4.63. The molecule has 5 nitrogen and oxygen atoms in total. The molecule has 106 valence electrons. The van der Waals surface area contributed by atoms with Crippen LogP contribution in [0, 0.1) is 5.41 Å². The van der Waals surface area contributed by atoms with Gasteiger partial charge >= 0.3 is 0 Å². The third kappa shape index (κ3) is 3.18. The third-order valence-electron chi connectivity index (χ3n) is 3.55. The molecule has 0 atom stereocenters. The lowest BCUT2D eigenvalue weighted by molar-refractivity contribution is -0.105. The van der Waals surface area contributed by atoms with E-state index in [9.17, 15) is 0 Å². The molecule has 1 heterocycles. The van der Waals surface area contributed by atoms with E-state index in [2.05, 4.69) is 5.32 Å². The van der Waals surface area contributed by atoms with E-state index in [0.717, 1.165) is 43.4 Å². The predicted octanol–water partition coefficient (Wildman–Crippen LogP) is 0.769. The average molecular weight is 266 g/mol. The first-order chi connectivity index (χ1) is 9.23. The average Bonchev–Trinajstić information content (AvgIpc) is 2.41. The van der Waals surface area contributed by atoms with Gasteiger partial charge < -0.3 is 25.3 Å². The summed E-state index contributed by atoms with van der Waals surface area (Å²) in [4.78, 5) is 0. The molecule has 1 aliphatic rings. The molecule has 1 saturated heterocycles. The highest BCUT2D eigenvalue weighted by Crippen LogP contribution is 2.26. The smallest absolute Gasteiger partial charge is 0.123 e. The van der Waals surface area contributed by atoms with Crippen LogP contribution >= 0.6 is 0 Å². The number of methoxy groups -OCH3 is 2. The molecular weight excluding hydrogens is 244 g/mol. The summed E-state index contributed by atoms with van der Waals surface area (Å²) in [5.74, 6) is 1.69. The molecule has 0 saturated carbocycles. The van der Waals surface area contributed by atoms with Crippen molar-refractivity contribution >= 4 is 0 Å². The molecule has 1 aromatic carbocycles. The van der Waals surface area contributed by atoms with Crippen molar-refractivity contribution in [2.75, 3.05) is 40.5 Å². The van der Waals surface area contributed by atoms with E-state index in [1.54, 1.807) is 14.2 Å². The minimum absolute atomic E-state index is 0.103. The third-order valence-corrected chi connectivity index (χ3v) is 3.55. The van der Waals surface area contributed by atoms with Crippen LogP contribution in [-0.4, -0.2) is 40.5 Å². The van der Waals surface area contributed by atoms with Gasteiger partial charge in [0.1, 0.15) is 11.5 Å². The van der Waals surface area contributed by atoms with Crippen LogP contribution < -0.4 is 20.5 Å². The van der Waals surface area contributed by atoms with Gasteiger partial charge in [0, 0.05) is 30.6 Å². The number of nitrogens with one attached hydrogen (secondary N) is 1. The van der Waals surface area contributed by atoms with Crippen LogP contribution in [0.4, 0.5) is 0 Å². The first-order valence-electron chi connectivity index (χ1n) is 6.42. The molecule has 0 amide bonds. The first-order valence-corrected chi connectivity index (χ1v) is 6.42. The fourth-order valence-corrected chi connectivity index (χ4v) is 2.17. The number of nitrogens with two attached hydrogens (primary N) is 1. The molecule has 0 unspecified atom stereocenters. The summed E-state index contributed by atoms with van der Waals surface area (Å²) < 4.78 is 15.8. The number of hydrogen-bond acceptors (Lipinski definition) is 5. The quantitative estimate of drug-likeness (QED) is 0.763. The molecule has 5 heteroatoms. The molecule has 19 heavy (non-hydrogen) atoms. The van der Waals surface area contributed by atoms with Gasteiger partial charge in [-0.3, -0.25) is 0 Å². The second kappa shape index (κ2) is 6.23. The number of benzene rings is 1. The second-order valence-corrected chi connectivity index (χ2v) is 4.98. The lowest BCUT2D eigenvalue weighted by Gasteiger charge is -2.40. The number of hydrogen-bond donors (Lipinski definition) is 2. The normalized spacial score (nSPS) is 16.8. The Bertz CT molecular complexity index is 414. The Labute approximate surface area is 114 Å². The monoisotopic (exact) mass is 266 g/mol. The van der Waals surface area contributed by atoms with Crippen molar-refractivity contribution in [1.29, 1.82) is 0 Å². The van der Waals surface area contributed by atoms with E-state index in [1.807, 2.05) is 18.2 Å². The van der Waals surface area contributed by atoms with Crippen molar-refractivity contribution in [3.8, 4) is 11.5 Å². The molecule has 0 aliphatic carbocycles. The summed E-state index contributed by atoms with van der Waals surface area (Å²) >= 11 is 0. The van der Waals surface area contributed by atoms with Crippen molar-refractivity contribution < 1.29 is 14.2 Å². The van der Waals surface area contributed by atoms with E-state index in [4.69, 9.17) is 19.9 Å². The van der Waals surface area contributed by atoms with Crippen molar-refractivity contribution in [2.45, 2.75) is 6.54 Å². The predicted molar refractivity (Wildman–Crippen MR) is 73.6 cm³/mol. The zero-order chi connectivity index (χ0) is 13.7. The minimum atomic E-state index is 0.103. The zero-order valence-electron chi connectivity index (χ0n) is 11.6. The summed E-state index contributed by atoms with van der Waals surface area (Å²) in [6.45, 7) is 3.71. The van der Waals surface area contributed by atoms with Gasteiger partial charge in [-0.25, -0.2) is 0 Å². The van der Waals surface area contributed by atoms with Crippen LogP contribution in [0.25, 0.3) is 0 Å². The van der Waals surface area contributed by atoms with Crippen molar-refractivity contribution in [1.82, 2.24) is 5.32 Å². The van der Waals surface area contributed by atoms with Crippen LogP contribution in [0.1, 0.15) is 5.56 Å². The second-order valence-electron chi connectivity index (χ2n) is 4.98. The molecule has 0 bridgehead atoms. The van der Waals surface area contributed by atoms with Crippen LogP contribution in [0.5, 0.6) is 11.5 Å². The van der Waals surface area contributed by atoms with Gasteiger partial charge in [-0.05, 0) is 18.2 Å². The Morgan fingerprint density at radius 2 is 2.11 bits per heavy atom. The maximum absolute atomic E-state index is 5.79. The fourth-order valence-electron chi connectivity index (χ4n) is 2.17. The van der Waals surface area contributed by atoms with Crippen LogP contribution in [0.2, 0.25) is 0 Å². The summed E-state index contributed by atoms with van der Waals surface area (Å²) in [6, 6.07) is 5.79. The molecular formula is C14H22N2O3. The largest absolute Gasteiger partial charge is 0.497 e. The van der Waals surface area contributed by atoms with Gasteiger partial charge in [-0.2, -0.15) is 0 Å². The Morgan fingerprint density at radius 3 is 2.63 bits per heavy atom. The lowest BCUT2D eigenvalue weighted by atomic mass is 9.86. The lowest BCUT2D eigenvalue weighted by Crippen LogP contribution is -2.54. The molecule has 0 spiro atoms. The van der Waals surface area contributed by atoms with Gasteiger partial charge in [-0.1, -0.05) is 0 Å². The van der Waals surface area contributed by atoms with Gasteiger partial charge in [-0.15, -0.1) is 0 Å². The molecule has 1 fully saturated rings. The summed E-state index contributed by atoms with van der Waals surface area (Å²) in [6.07, 6.45) is 0. The molecule has 3 N–H and O–H groups in total. The highest BCUT2D eigenvalue weighted by Gasteiger charge is 2.36. The van der Waals surface area contributed by atoms with Gasteiger partial charge in [0.2, 0.25) is 0 Å². The fraction of sp³-hybridized carbons (Fsp3) is 0.571. The van der Waals surface area contributed by atoms with Crippen molar-refractivity contribution in [2.24, 2.45) is 11.1 Å². The van der Waals surface area contributed by atoms with Crippen LogP contribution in [-0.2, 0) is 11.3 Å². The SMILES string of the molecule is COc1ccc(OC)c(CNCC2(CN)COC2)c1. The number of rotatable bonds is 7. The van der Waals surface area contributed by atoms with E-state index in [-0.39, 0.29) is 5.41 Å². The summed E-state index contributed by atoms with van der Waals surface area (Å²) in [5, 5.41) is 3.43. The van der Waals surface area contributed by atoms with E-state index < -0.39 is 0 Å². The highest BCUT2D eigenvalue weighted by atomic mass is 16.5. The molecule has 1 aromatic rings. The van der Waals surface area contributed by atoms with E-state index in [0.29, 0.717) is 6.54 Å². The summed E-state index contributed by atoms with van der Waals surface area (Å²) in [5.41, 5.74) is 6.97. The van der Waals surface area contributed by atoms with Crippen molar-refractivity contribution in [3.05, 3.63) is 23.8 Å². The Balaban J connectivity index is 1.94. The Morgan fingerprint density at radius 1 is 1.32 bits per heavy atom. The summed E-state index contributed by atoms with van der Waals surface area (Å²) in [7, 11) is 3.33. The van der Waals surface area contributed by atoms with Crippen LogP contribution in [0.15, 0.2) is 18.2 Å². The first kappa shape index (κ1) is 14.1. The molecule has 0 radical (unpaired) electrons. The van der Waals surface area contributed by atoms with Crippen molar-refractivity contribution in [3.63, 3.8) is 0 Å². The topological polar surface area (TPSA) is 65.7 Å². The van der Waals surface area contributed by atoms with Gasteiger partial charge in [0.15, 0.2) is 0 Å². The van der Waals surface area contributed by atoms with Crippen LogP contribution in [0.3, 0.4) is 0 Å². The maximum atomic E-state index is 5.79. The molecule has 0 aromatic heterocycles. The zero-order valence-corrected chi connectivity index (χ0v) is 11.6. The van der Waals surface area contributed by atoms with Gasteiger partial charge in [0.25, 0.3) is 0 Å². The van der Waals surface area contributed by atoms with E-state index >= 15 is 0 Å². The maximum Gasteiger partial charge on any atom is 0.123 e. The number of ether oxygens (including phenoxy) is 3. The van der Waals surface area contributed by atoms with E-state index in [1.165, 1.54) is 0 Å². The molecule has 2 rings (SSSR count). The Hall–Kier alpha value is -1.30.